The molecule has 3 heterocycles. The third kappa shape index (κ3) is 7.56. The van der Waals surface area contributed by atoms with Crippen LogP contribution in [0.3, 0.4) is 0 Å². The second kappa shape index (κ2) is 16.2. The van der Waals surface area contributed by atoms with E-state index >= 15 is 0 Å². The van der Waals surface area contributed by atoms with Crippen molar-refractivity contribution < 1.29 is 67.4 Å². The number of carbonyl (C=O) groups excluding carboxylic acids is 6. The van der Waals surface area contributed by atoms with Gasteiger partial charge in [0.25, 0.3) is 0 Å². The molecule has 15 nitrogen and oxygen atoms in total. The standard InChI is InChI=1S/C32H40O11.C13H17NO3S/c1-16-20(34)14-32(38)26(42-27(36)19-11-9-8-10-12-19)24-30(6,25(35)17(2)23(16)29(32,4)5)21(41-28(37)39-7)13-22-31(24,15-40-22)43-18(3)33;1-8-10(9-6-5-7-18-9)14(11(8)15)12(16)17-13(2,3)4/h8-12,17,20-22,24,26,34,38H,13-15H2,1-7H3;5-8,10H,1-4H3/t17-,20+,21+,22-,24?,26+,30-,31+,32-;8-,10-/m11/s1. The van der Waals surface area contributed by atoms with Crippen molar-refractivity contribution in [2.24, 2.45) is 28.6 Å². The zero-order chi connectivity index (χ0) is 45.2. The first-order valence-electron chi connectivity index (χ1n) is 20.4. The van der Waals surface area contributed by atoms with Gasteiger partial charge >= 0.3 is 24.2 Å². The molecule has 0 radical (unpaired) electrons. The minimum absolute atomic E-state index is 0.0182. The molecule has 2 aromatic rings. The highest BCUT2D eigenvalue weighted by molar-refractivity contribution is 7.10. The summed E-state index contributed by atoms with van der Waals surface area (Å²) in [5.74, 6) is -4.28. The molecule has 61 heavy (non-hydrogen) atoms. The Labute approximate surface area is 359 Å². The summed E-state index contributed by atoms with van der Waals surface area (Å²) in [7, 11) is 1.15. The van der Waals surface area contributed by atoms with Crippen LogP contribution in [0.5, 0.6) is 0 Å². The van der Waals surface area contributed by atoms with Crippen LogP contribution in [0, 0.1) is 28.6 Å². The molecule has 16 heteroatoms. The summed E-state index contributed by atoms with van der Waals surface area (Å²) < 4.78 is 34.0. The zero-order valence-corrected chi connectivity index (χ0v) is 37.3. The van der Waals surface area contributed by atoms with Gasteiger partial charge in [0, 0.05) is 36.0 Å². The number of esters is 2. The number of β-lactam (4-membered cyclic amide) rings is 1. The topological polar surface area (TPSA) is 202 Å². The Morgan fingerprint density at radius 2 is 1.64 bits per heavy atom. The van der Waals surface area contributed by atoms with Crippen LogP contribution >= 0.6 is 11.3 Å². The van der Waals surface area contributed by atoms with Crippen LogP contribution in [0.2, 0.25) is 0 Å². The van der Waals surface area contributed by atoms with Crippen LogP contribution in [0.15, 0.2) is 59.0 Å². The molecule has 1 aromatic heterocycles. The molecule has 2 aliphatic heterocycles. The first-order chi connectivity index (χ1) is 28.4. The molecular weight excluding hydrogens is 811 g/mol. The molecule has 3 aliphatic carbocycles. The van der Waals surface area contributed by atoms with Gasteiger partial charge in [-0.3, -0.25) is 14.4 Å². The number of imide groups is 1. The number of ether oxygens (including phenoxy) is 6. The number of benzene rings is 1. The largest absolute Gasteiger partial charge is 0.508 e. The molecule has 0 spiro atoms. The number of rotatable bonds is 5. The molecule has 1 unspecified atom stereocenters. The molecule has 1 aromatic carbocycles. The van der Waals surface area contributed by atoms with E-state index in [-0.39, 0.29) is 48.7 Å². The van der Waals surface area contributed by atoms with E-state index in [9.17, 15) is 39.0 Å². The lowest BCUT2D eigenvalue weighted by Gasteiger charge is -2.67. The van der Waals surface area contributed by atoms with E-state index in [1.807, 2.05) is 24.4 Å². The number of methoxy groups -OCH3 is 1. The molecule has 2 amide bonds. The van der Waals surface area contributed by atoms with E-state index < -0.39 is 88.1 Å². The maximum Gasteiger partial charge on any atom is 0.508 e. The SMILES string of the molecule is COC(=O)O[C@H]1C[C@H]2OC[C@@]2(OC(C)=O)C2[C@H](OC(=O)c3ccccc3)[C@]3(O)C[C@H](O)C(C)=C([C@@H](C)C(=O)[C@@]21C)C3(C)C.C[C@H]1C(=O)N(C(=O)OC(C)(C)C)[C@H]1c1cccs1. The van der Waals surface area contributed by atoms with Crippen molar-refractivity contribution in [1.29, 1.82) is 0 Å². The van der Waals surface area contributed by atoms with Gasteiger partial charge in [-0.2, -0.15) is 0 Å². The molecule has 5 aliphatic rings. The van der Waals surface area contributed by atoms with Crippen molar-refractivity contribution in [2.45, 2.75) is 129 Å². The van der Waals surface area contributed by atoms with Crippen molar-refractivity contribution in [3.05, 3.63) is 69.4 Å². The van der Waals surface area contributed by atoms with Crippen LogP contribution in [-0.2, 0) is 42.8 Å². The summed E-state index contributed by atoms with van der Waals surface area (Å²) >= 11 is 1.55. The monoisotopic (exact) mass is 867 g/mol. The van der Waals surface area contributed by atoms with Crippen molar-refractivity contribution >= 4 is 47.2 Å². The molecule has 11 atom stereocenters. The van der Waals surface area contributed by atoms with Gasteiger partial charge in [0.1, 0.15) is 35.3 Å². The highest BCUT2D eigenvalue weighted by atomic mass is 32.1. The molecule has 2 bridgehead atoms. The number of hydrogen-bond donors (Lipinski definition) is 2. The maximum atomic E-state index is 14.9. The van der Waals surface area contributed by atoms with Gasteiger partial charge in [0.2, 0.25) is 5.91 Å². The summed E-state index contributed by atoms with van der Waals surface area (Å²) in [6, 6.07) is 11.9. The highest BCUT2D eigenvalue weighted by Crippen LogP contribution is 2.65. The summed E-state index contributed by atoms with van der Waals surface area (Å²) in [6.07, 6.45) is -6.56. The number of aliphatic hydroxyl groups excluding tert-OH is 1. The molecule has 2 saturated heterocycles. The summed E-state index contributed by atoms with van der Waals surface area (Å²) in [5, 5.41) is 26.2. The number of carbonyl (C=O) groups is 6. The Morgan fingerprint density at radius 3 is 2.18 bits per heavy atom. The lowest BCUT2D eigenvalue weighted by Crippen LogP contribution is -2.81. The van der Waals surface area contributed by atoms with E-state index in [0.29, 0.717) is 11.1 Å². The van der Waals surface area contributed by atoms with Crippen LogP contribution in [-0.4, -0.2) is 106 Å². The highest BCUT2D eigenvalue weighted by Gasteiger charge is 2.78. The lowest BCUT2D eigenvalue weighted by molar-refractivity contribution is -0.345. The Kier molecular flexibility index (Phi) is 12.2. The predicted octanol–water partition coefficient (Wildman–Crippen LogP) is 6.35. The van der Waals surface area contributed by atoms with Crippen LogP contribution in [0.1, 0.15) is 103 Å². The van der Waals surface area contributed by atoms with Crippen molar-refractivity contribution in [3.63, 3.8) is 0 Å². The van der Waals surface area contributed by atoms with Gasteiger partial charge in [-0.05, 0) is 69.3 Å². The van der Waals surface area contributed by atoms with Crippen molar-refractivity contribution in [3.8, 4) is 0 Å². The van der Waals surface area contributed by atoms with Crippen molar-refractivity contribution in [2.75, 3.05) is 13.7 Å². The number of ketones is 1. The number of aliphatic hydroxyl groups is 2. The molecule has 2 N–H and O–H groups in total. The van der Waals surface area contributed by atoms with Crippen LogP contribution in [0.4, 0.5) is 9.59 Å². The fraction of sp³-hybridized carbons (Fsp3) is 0.600. The molecule has 332 valence electrons. The number of thiophene rings is 1. The average molecular weight is 868 g/mol. The minimum Gasteiger partial charge on any atom is -0.455 e. The Bertz CT molecular complexity index is 2090. The second-order valence-corrected chi connectivity index (χ2v) is 19.5. The van der Waals surface area contributed by atoms with Crippen LogP contribution < -0.4 is 0 Å². The van der Waals surface area contributed by atoms with E-state index in [0.717, 1.165) is 12.0 Å². The number of hydrogen-bond acceptors (Lipinski definition) is 15. The Balaban J connectivity index is 0.000000288. The van der Waals surface area contributed by atoms with Crippen LogP contribution in [0.25, 0.3) is 0 Å². The van der Waals surface area contributed by atoms with E-state index in [1.165, 1.54) is 11.8 Å². The quantitative estimate of drug-likeness (QED) is 0.146. The smallest absolute Gasteiger partial charge is 0.455 e. The lowest BCUT2D eigenvalue weighted by atomic mass is 9.43. The first kappa shape index (κ1) is 45.9. The molecular formula is C45H57NO14S. The third-order valence-corrected chi connectivity index (χ3v) is 14.4. The maximum absolute atomic E-state index is 14.9. The fourth-order valence-corrected chi connectivity index (χ4v) is 11.4. The van der Waals surface area contributed by atoms with E-state index in [1.54, 1.807) is 97.1 Å². The number of amides is 2. The predicted molar refractivity (Wildman–Crippen MR) is 219 cm³/mol. The van der Waals surface area contributed by atoms with Gasteiger partial charge in [-0.15, -0.1) is 11.3 Å². The Hall–Kier alpha value is -4.64. The molecule has 7 rings (SSSR count). The number of Topliss-reactive ketones (excluding diaryl/α,β-unsaturated/α-hetero) is 1. The number of likely N-dealkylation sites (tertiary alicyclic amines) is 1. The van der Waals surface area contributed by atoms with Crippen molar-refractivity contribution in [1.82, 2.24) is 4.90 Å². The minimum atomic E-state index is -1.98. The van der Waals surface area contributed by atoms with Gasteiger partial charge < -0.3 is 38.6 Å². The van der Waals surface area contributed by atoms with E-state index in [2.05, 4.69) is 0 Å². The normalized spacial score (nSPS) is 34.9. The number of nitrogens with zero attached hydrogens (tertiary/aromatic N) is 1. The first-order valence-corrected chi connectivity index (χ1v) is 21.3. The average Bonchev–Trinajstić information content (AvgIpc) is 3.71. The van der Waals surface area contributed by atoms with Gasteiger partial charge in [-0.25, -0.2) is 19.3 Å². The van der Waals surface area contributed by atoms with E-state index in [4.69, 9.17) is 28.4 Å². The van der Waals surface area contributed by atoms with Gasteiger partial charge in [0.05, 0.1) is 48.7 Å². The molecule has 2 saturated carbocycles. The summed E-state index contributed by atoms with van der Waals surface area (Å²) in [4.78, 5) is 80.0. The fourth-order valence-electron chi connectivity index (χ4n) is 10.5. The third-order valence-electron chi connectivity index (χ3n) is 13.4. The Morgan fingerprint density at radius 1 is 0.984 bits per heavy atom. The molecule has 4 fully saturated rings. The van der Waals surface area contributed by atoms with Gasteiger partial charge in [-0.1, -0.05) is 52.0 Å². The number of fused-ring (bicyclic) bond motifs is 5. The summed E-state index contributed by atoms with van der Waals surface area (Å²) in [5.41, 5.74) is -5.75. The second-order valence-electron chi connectivity index (χ2n) is 18.5. The summed E-state index contributed by atoms with van der Waals surface area (Å²) in [6.45, 7) is 16.8. The van der Waals surface area contributed by atoms with Gasteiger partial charge in [0.15, 0.2) is 5.60 Å². The zero-order valence-electron chi connectivity index (χ0n) is 36.5.